The first kappa shape index (κ1) is 14.9. The summed E-state index contributed by atoms with van der Waals surface area (Å²) < 4.78 is 6.20. The van der Waals surface area contributed by atoms with Crippen molar-refractivity contribution in [3.63, 3.8) is 0 Å². The minimum Gasteiger partial charge on any atom is -0.487 e. The van der Waals surface area contributed by atoms with E-state index in [0.717, 1.165) is 25.0 Å². The van der Waals surface area contributed by atoms with Gasteiger partial charge in [0.15, 0.2) is 11.4 Å². The fourth-order valence-electron chi connectivity index (χ4n) is 5.80. The summed E-state index contributed by atoms with van der Waals surface area (Å²) >= 11 is 0. The van der Waals surface area contributed by atoms with Crippen LogP contribution in [0.4, 0.5) is 0 Å². The molecule has 1 spiro atoms. The first-order valence-electron chi connectivity index (χ1n) is 8.81. The van der Waals surface area contributed by atoms with Gasteiger partial charge in [-0.25, -0.2) is 0 Å². The number of rotatable bonds is 1. The van der Waals surface area contributed by atoms with Crippen molar-refractivity contribution in [1.29, 1.82) is 0 Å². The van der Waals surface area contributed by atoms with Gasteiger partial charge in [-0.05, 0) is 38.9 Å². The van der Waals surface area contributed by atoms with E-state index >= 15 is 0 Å². The Morgan fingerprint density at radius 3 is 2.96 bits per heavy atom. The van der Waals surface area contributed by atoms with Crippen LogP contribution in [0.2, 0.25) is 0 Å². The molecule has 2 bridgehead atoms. The molecule has 5 nitrogen and oxygen atoms in total. The van der Waals surface area contributed by atoms with Gasteiger partial charge in [0, 0.05) is 29.4 Å². The minimum atomic E-state index is -1.58. The van der Waals surface area contributed by atoms with Crippen LogP contribution < -0.4 is 0 Å². The van der Waals surface area contributed by atoms with Gasteiger partial charge < -0.3 is 19.8 Å². The van der Waals surface area contributed by atoms with Crippen molar-refractivity contribution in [2.24, 2.45) is 11.3 Å². The zero-order valence-corrected chi connectivity index (χ0v) is 14.0. The van der Waals surface area contributed by atoms with E-state index in [0.29, 0.717) is 11.8 Å². The van der Waals surface area contributed by atoms with E-state index in [2.05, 4.69) is 18.0 Å². The molecular formula is C19H23NO4. The normalized spacial score (nSPS) is 48.8. The number of carbonyl (C=O) groups is 1. The summed E-state index contributed by atoms with van der Waals surface area (Å²) in [6, 6.07) is 0.381. The van der Waals surface area contributed by atoms with Crippen LogP contribution in [0.3, 0.4) is 0 Å². The van der Waals surface area contributed by atoms with Crippen LogP contribution >= 0.6 is 0 Å². The molecule has 1 saturated heterocycles. The van der Waals surface area contributed by atoms with Crippen molar-refractivity contribution in [1.82, 2.24) is 4.90 Å². The lowest BCUT2D eigenvalue weighted by atomic mass is 9.51. The molecule has 24 heavy (non-hydrogen) atoms. The van der Waals surface area contributed by atoms with E-state index in [1.165, 1.54) is 12.5 Å². The van der Waals surface area contributed by atoms with Gasteiger partial charge in [0.1, 0.15) is 18.0 Å². The number of piperidine rings is 1. The van der Waals surface area contributed by atoms with Crippen LogP contribution in [0.1, 0.15) is 26.2 Å². The van der Waals surface area contributed by atoms with Crippen molar-refractivity contribution in [3.8, 4) is 0 Å². The fourth-order valence-corrected chi connectivity index (χ4v) is 5.80. The van der Waals surface area contributed by atoms with E-state index in [1.807, 2.05) is 12.2 Å². The molecule has 5 unspecified atom stereocenters. The highest BCUT2D eigenvalue weighted by Crippen LogP contribution is 2.65. The Morgan fingerprint density at radius 1 is 1.42 bits per heavy atom. The average molecular weight is 329 g/mol. The highest BCUT2D eigenvalue weighted by molar-refractivity contribution is 5.89. The summed E-state index contributed by atoms with van der Waals surface area (Å²) in [7, 11) is 2.16. The highest BCUT2D eigenvalue weighted by Gasteiger charge is 2.67. The predicted molar refractivity (Wildman–Crippen MR) is 87.0 cm³/mol. The molecule has 0 aromatic carbocycles. The first-order chi connectivity index (χ1) is 11.4. The third-order valence-corrected chi connectivity index (χ3v) is 7.08. The number of ether oxygens (including phenoxy) is 1. The van der Waals surface area contributed by atoms with Crippen LogP contribution in [0.5, 0.6) is 0 Å². The largest absolute Gasteiger partial charge is 0.487 e. The Balaban J connectivity index is 1.77. The highest BCUT2D eigenvalue weighted by atomic mass is 16.5. The lowest BCUT2D eigenvalue weighted by Crippen LogP contribution is -2.62. The SMILES string of the molecule is CC(=O)C1(O)CC=C2CC3C4C=CC(O)C5OC1=C2[C@]45CCN3C. The number of aliphatic hydroxyl groups is 2. The van der Waals surface area contributed by atoms with Crippen molar-refractivity contribution >= 4 is 5.78 Å². The van der Waals surface area contributed by atoms with Crippen LogP contribution in [-0.4, -0.2) is 58.3 Å². The summed E-state index contributed by atoms with van der Waals surface area (Å²) in [5.41, 5.74) is 0.336. The van der Waals surface area contributed by atoms with Gasteiger partial charge in [-0.2, -0.15) is 0 Å². The van der Waals surface area contributed by atoms with Gasteiger partial charge in [0.2, 0.25) is 0 Å². The van der Waals surface area contributed by atoms with Crippen molar-refractivity contribution in [2.45, 2.75) is 50.0 Å². The zero-order chi connectivity index (χ0) is 16.9. The van der Waals surface area contributed by atoms with Crippen molar-refractivity contribution in [3.05, 3.63) is 35.1 Å². The Hall–Kier alpha value is -1.43. The van der Waals surface area contributed by atoms with Gasteiger partial charge in [-0.3, -0.25) is 4.79 Å². The summed E-state index contributed by atoms with van der Waals surface area (Å²) in [4.78, 5) is 14.6. The molecule has 2 N–H and O–H groups in total. The molecule has 2 aliphatic heterocycles. The summed E-state index contributed by atoms with van der Waals surface area (Å²) in [6.07, 6.45) is 6.95. The lowest BCUT2D eigenvalue weighted by Gasteiger charge is -2.58. The molecule has 5 aliphatic rings. The molecule has 3 aliphatic carbocycles. The Kier molecular flexibility index (Phi) is 2.72. The van der Waals surface area contributed by atoms with Gasteiger partial charge in [-0.1, -0.05) is 18.2 Å². The second kappa shape index (κ2) is 4.40. The van der Waals surface area contributed by atoms with Crippen LogP contribution in [0, 0.1) is 11.3 Å². The molecule has 0 radical (unpaired) electrons. The van der Waals surface area contributed by atoms with E-state index in [4.69, 9.17) is 4.74 Å². The summed E-state index contributed by atoms with van der Waals surface area (Å²) in [5.74, 6) is 0.390. The first-order valence-corrected chi connectivity index (χ1v) is 8.81. The number of carbonyl (C=O) groups excluding carboxylic acids is 1. The number of hydrogen-bond donors (Lipinski definition) is 2. The second-order valence-electron chi connectivity index (χ2n) is 8.04. The van der Waals surface area contributed by atoms with Crippen molar-refractivity contribution < 1.29 is 19.7 Å². The molecule has 0 amide bonds. The number of aliphatic hydroxyl groups excluding tert-OH is 1. The van der Waals surface area contributed by atoms with Crippen LogP contribution in [0.15, 0.2) is 35.1 Å². The fraction of sp³-hybridized carbons (Fsp3) is 0.632. The lowest BCUT2D eigenvalue weighted by molar-refractivity contribution is -0.138. The average Bonchev–Trinajstić information content (AvgIpc) is 2.90. The maximum Gasteiger partial charge on any atom is 0.183 e. The molecule has 2 heterocycles. The van der Waals surface area contributed by atoms with Crippen LogP contribution in [0.25, 0.3) is 0 Å². The van der Waals surface area contributed by atoms with Crippen LogP contribution in [-0.2, 0) is 9.53 Å². The quantitative estimate of drug-likeness (QED) is 0.701. The van der Waals surface area contributed by atoms with Gasteiger partial charge in [0.25, 0.3) is 0 Å². The molecule has 2 fully saturated rings. The molecule has 128 valence electrons. The van der Waals surface area contributed by atoms with Crippen molar-refractivity contribution in [2.75, 3.05) is 13.6 Å². The predicted octanol–water partition coefficient (Wildman–Crippen LogP) is 0.931. The summed E-state index contributed by atoms with van der Waals surface area (Å²) in [5, 5.41) is 21.6. The van der Waals surface area contributed by atoms with Gasteiger partial charge in [-0.15, -0.1) is 0 Å². The Morgan fingerprint density at radius 2 is 2.21 bits per heavy atom. The number of hydrogen-bond acceptors (Lipinski definition) is 5. The number of Topliss-reactive ketones (excluding diaryl/α,β-unsaturated/α-hetero) is 1. The number of ketones is 1. The van der Waals surface area contributed by atoms with E-state index in [1.54, 1.807) is 0 Å². The maximum atomic E-state index is 12.2. The molecule has 5 rings (SSSR count). The Bertz CT molecular complexity index is 738. The molecule has 5 heteroatoms. The number of likely N-dealkylation sites (tertiary alicyclic amines) is 1. The van der Waals surface area contributed by atoms with E-state index in [-0.39, 0.29) is 23.5 Å². The van der Waals surface area contributed by atoms with Gasteiger partial charge >= 0.3 is 0 Å². The molecule has 0 aromatic heterocycles. The zero-order valence-electron chi connectivity index (χ0n) is 14.0. The van der Waals surface area contributed by atoms with E-state index < -0.39 is 17.8 Å². The molecule has 1 saturated carbocycles. The number of nitrogens with zero attached hydrogens (tertiary/aromatic N) is 1. The third-order valence-electron chi connectivity index (χ3n) is 7.08. The summed E-state index contributed by atoms with van der Waals surface area (Å²) in [6.45, 7) is 2.35. The maximum absolute atomic E-state index is 12.2. The van der Waals surface area contributed by atoms with Gasteiger partial charge in [0.05, 0.1) is 0 Å². The monoisotopic (exact) mass is 329 g/mol. The second-order valence-corrected chi connectivity index (χ2v) is 8.04. The smallest absolute Gasteiger partial charge is 0.183 e. The molecule has 6 atom stereocenters. The third kappa shape index (κ3) is 1.46. The minimum absolute atomic E-state index is 0.253. The van der Waals surface area contributed by atoms with E-state index in [9.17, 15) is 15.0 Å². The molecule has 0 aromatic rings. The molecular weight excluding hydrogens is 306 g/mol. The standard InChI is InChI=1S/C19H23NO4/c1-10(21)19(23)6-5-11-9-13-12-3-4-14(22)16-18(12,7-8-20(13)2)15(11)17(19)24-16/h3-5,12-14,16,22-23H,6-9H2,1-2H3/t12?,13?,14?,16?,18-,19?/m0/s1. The topological polar surface area (TPSA) is 70.0 Å². The Labute approximate surface area is 141 Å².